The Kier molecular flexibility index (Phi) is 3.34. The third-order valence-electron chi connectivity index (χ3n) is 2.41. The highest BCUT2D eigenvalue weighted by Crippen LogP contribution is 2.28. The summed E-state index contributed by atoms with van der Waals surface area (Å²) in [6.45, 7) is 3.92. The quantitative estimate of drug-likeness (QED) is 0.737. The number of hydrogen-bond donors (Lipinski definition) is 0. The molecule has 3 heteroatoms. The fraction of sp³-hybridized carbons (Fsp3) is 0.143. The molecular weight excluding hydrogens is 239 g/mol. The fourth-order valence-electron chi connectivity index (χ4n) is 1.53. The Bertz CT molecular complexity index is 532. The molecule has 0 aliphatic heterocycles. The maximum atomic E-state index is 13.1. The number of hydrogen-bond acceptors (Lipinski definition) is 1. The summed E-state index contributed by atoms with van der Waals surface area (Å²) >= 11 is 5.77. The molecule has 0 bridgehead atoms. The number of halogens is 2. The lowest BCUT2D eigenvalue weighted by Gasteiger charge is -2.09. The van der Waals surface area contributed by atoms with E-state index in [4.69, 9.17) is 16.3 Å². The van der Waals surface area contributed by atoms with Crippen molar-refractivity contribution < 1.29 is 9.13 Å². The summed E-state index contributed by atoms with van der Waals surface area (Å²) in [6, 6.07) is 10.0. The van der Waals surface area contributed by atoms with E-state index in [9.17, 15) is 4.39 Å². The van der Waals surface area contributed by atoms with Crippen LogP contribution in [0, 0.1) is 19.7 Å². The van der Waals surface area contributed by atoms with Crippen molar-refractivity contribution in [1.29, 1.82) is 0 Å². The third kappa shape index (κ3) is 2.98. The largest absolute Gasteiger partial charge is 0.457 e. The van der Waals surface area contributed by atoms with Crippen LogP contribution >= 0.6 is 11.6 Å². The summed E-state index contributed by atoms with van der Waals surface area (Å²) < 4.78 is 18.8. The second-order valence-electron chi connectivity index (χ2n) is 3.98. The molecule has 17 heavy (non-hydrogen) atoms. The Morgan fingerprint density at radius 2 is 1.82 bits per heavy atom. The van der Waals surface area contributed by atoms with Crippen LogP contribution in [0.15, 0.2) is 36.4 Å². The molecule has 1 nitrogen and oxygen atoms in total. The van der Waals surface area contributed by atoms with Gasteiger partial charge in [0.15, 0.2) is 0 Å². The highest BCUT2D eigenvalue weighted by atomic mass is 35.5. The van der Waals surface area contributed by atoms with Crippen molar-refractivity contribution in [3.63, 3.8) is 0 Å². The molecule has 2 aromatic carbocycles. The zero-order valence-corrected chi connectivity index (χ0v) is 10.4. The summed E-state index contributed by atoms with van der Waals surface area (Å²) in [7, 11) is 0. The lowest BCUT2D eigenvalue weighted by atomic mass is 10.1. The van der Waals surface area contributed by atoms with Crippen molar-refractivity contribution in [2.24, 2.45) is 0 Å². The minimum absolute atomic E-state index is 0.324. The smallest absolute Gasteiger partial charge is 0.131 e. The predicted molar refractivity (Wildman–Crippen MR) is 67.4 cm³/mol. The number of ether oxygens (including phenoxy) is 1. The van der Waals surface area contributed by atoms with Crippen LogP contribution in [0.1, 0.15) is 11.1 Å². The van der Waals surface area contributed by atoms with Gasteiger partial charge in [0.2, 0.25) is 0 Å². The summed E-state index contributed by atoms with van der Waals surface area (Å²) in [4.78, 5) is 0. The van der Waals surface area contributed by atoms with E-state index < -0.39 is 5.82 Å². The molecule has 0 heterocycles. The van der Waals surface area contributed by atoms with E-state index in [2.05, 4.69) is 0 Å². The van der Waals surface area contributed by atoms with Crippen LogP contribution in [0.25, 0.3) is 0 Å². The van der Waals surface area contributed by atoms with Gasteiger partial charge in [-0.1, -0.05) is 23.7 Å². The Labute approximate surface area is 105 Å². The Balaban J connectivity index is 2.34. The highest BCUT2D eigenvalue weighted by Gasteiger charge is 2.04. The Morgan fingerprint density at radius 3 is 2.53 bits per heavy atom. The molecule has 88 valence electrons. The Morgan fingerprint density at radius 1 is 1.06 bits per heavy atom. The van der Waals surface area contributed by atoms with E-state index in [0.717, 1.165) is 11.1 Å². The lowest BCUT2D eigenvalue weighted by Crippen LogP contribution is -1.89. The molecular formula is C14H12ClFO. The first-order chi connectivity index (χ1) is 8.04. The topological polar surface area (TPSA) is 9.23 Å². The van der Waals surface area contributed by atoms with Crippen LogP contribution in [-0.4, -0.2) is 0 Å². The van der Waals surface area contributed by atoms with E-state index in [1.54, 1.807) is 6.07 Å². The van der Waals surface area contributed by atoms with Crippen molar-refractivity contribution in [3.8, 4) is 11.5 Å². The van der Waals surface area contributed by atoms with Crippen molar-refractivity contribution >= 4 is 11.6 Å². The summed E-state index contributed by atoms with van der Waals surface area (Å²) in [5.41, 5.74) is 2.09. The summed E-state index contributed by atoms with van der Waals surface area (Å²) in [5.74, 6) is 0.716. The third-order valence-corrected chi connectivity index (χ3v) is 2.63. The van der Waals surface area contributed by atoms with Gasteiger partial charge in [-0.2, -0.15) is 0 Å². The van der Waals surface area contributed by atoms with Gasteiger partial charge in [0.05, 0.1) is 0 Å². The van der Waals surface area contributed by atoms with E-state index >= 15 is 0 Å². The number of rotatable bonds is 2. The van der Waals surface area contributed by atoms with Gasteiger partial charge in [-0.05, 0) is 43.2 Å². The molecule has 0 atom stereocenters. The van der Waals surface area contributed by atoms with Gasteiger partial charge in [-0.25, -0.2) is 4.39 Å². The second kappa shape index (κ2) is 4.76. The molecule has 0 spiro atoms. The standard InChI is InChI=1S/C14H12ClFO/c1-9-3-4-10(2)14(5-9)17-13-7-11(15)6-12(16)8-13/h3-8H,1-2H3. The Hall–Kier alpha value is -1.54. The minimum Gasteiger partial charge on any atom is -0.457 e. The van der Waals surface area contributed by atoms with Gasteiger partial charge >= 0.3 is 0 Å². The molecule has 0 amide bonds. The zero-order chi connectivity index (χ0) is 12.4. The van der Waals surface area contributed by atoms with Gasteiger partial charge in [-0.3, -0.25) is 0 Å². The van der Waals surface area contributed by atoms with Crippen LogP contribution in [0.2, 0.25) is 5.02 Å². The van der Waals surface area contributed by atoms with Gasteiger partial charge < -0.3 is 4.74 Å². The van der Waals surface area contributed by atoms with Gasteiger partial charge in [0, 0.05) is 11.1 Å². The first-order valence-electron chi connectivity index (χ1n) is 5.26. The minimum atomic E-state index is -0.405. The SMILES string of the molecule is Cc1ccc(C)c(Oc2cc(F)cc(Cl)c2)c1. The molecule has 2 rings (SSSR count). The molecule has 0 saturated carbocycles. The van der Waals surface area contributed by atoms with Crippen LogP contribution in [0.5, 0.6) is 11.5 Å². The number of benzene rings is 2. The van der Waals surface area contributed by atoms with Crippen LogP contribution < -0.4 is 4.74 Å². The average molecular weight is 251 g/mol. The van der Waals surface area contributed by atoms with Crippen molar-refractivity contribution in [2.45, 2.75) is 13.8 Å². The second-order valence-corrected chi connectivity index (χ2v) is 4.41. The molecule has 0 fully saturated rings. The average Bonchev–Trinajstić information content (AvgIpc) is 2.22. The molecule has 0 radical (unpaired) electrons. The summed E-state index contributed by atoms with van der Waals surface area (Å²) in [5, 5.41) is 0.324. The van der Waals surface area contributed by atoms with Crippen LogP contribution in [0.4, 0.5) is 4.39 Å². The zero-order valence-electron chi connectivity index (χ0n) is 9.63. The normalized spacial score (nSPS) is 10.4. The van der Waals surface area contributed by atoms with E-state index in [-0.39, 0.29) is 0 Å². The van der Waals surface area contributed by atoms with Crippen LogP contribution in [-0.2, 0) is 0 Å². The molecule has 0 aliphatic rings. The van der Waals surface area contributed by atoms with Crippen LogP contribution in [0.3, 0.4) is 0 Å². The number of aryl methyl sites for hydroxylation is 2. The molecule has 0 unspecified atom stereocenters. The molecule has 2 aromatic rings. The predicted octanol–water partition coefficient (Wildman–Crippen LogP) is 4.89. The van der Waals surface area contributed by atoms with Gasteiger partial charge in [0.1, 0.15) is 17.3 Å². The van der Waals surface area contributed by atoms with E-state index in [1.807, 2.05) is 32.0 Å². The maximum absolute atomic E-state index is 13.1. The first-order valence-corrected chi connectivity index (χ1v) is 5.63. The van der Waals surface area contributed by atoms with Gasteiger partial charge in [-0.15, -0.1) is 0 Å². The van der Waals surface area contributed by atoms with Gasteiger partial charge in [0.25, 0.3) is 0 Å². The van der Waals surface area contributed by atoms with Crippen molar-refractivity contribution in [2.75, 3.05) is 0 Å². The molecule has 0 aliphatic carbocycles. The van der Waals surface area contributed by atoms with E-state index in [0.29, 0.717) is 16.5 Å². The maximum Gasteiger partial charge on any atom is 0.131 e. The van der Waals surface area contributed by atoms with Crippen molar-refractivity contribution in [1.82, 2.24) is 0 Å². The van der Waals surface area contributed by atoms with E-state index in [1.165, 1.54) is 12.1 Å². The summed E-state index contributed by atoms with van der Waals surface area (Å²) in [6.07, 6.45) is 0. The monoisotopic (exact) mass is 250 g/mol. The molecule has 0 saturated heterocycles. The highest BCUT2D eigenvalue weighted by molar-refractivity contribution is 6.30. The lowest BCUT2D eigenvalue weighted by molar-refractivity contribution is 0.473. The van der Waals surface area contributed by atoms with Crippen molar-refractivity contribution in [3.05, 3.63) is 58.4 Å². The first kappa shape index (κ1) is 11.9. The molecule has 0 N–H and O–H groups in total. The molecule has 0 aromatic heterocycles. The fourth-order valence-corrected chi connectivity index (χ4v) is 1.74.